The maximum Gasteiger partial charge on any atom is 0.170 e. The first-order chi connectivity index (χ1) is 8.09. The minimum Gasteiger partial charge on any atom is -0.294 e. The van der Waals surface area contributed by atoms with Crippen LogP contribution < -0.4 is 0 Å². The first kappa shape index (κ1) is 11.8. The molecule has 0 aromatic carbocycles. The van der Waals surface area contributed by atoms with Gasteiger partial charge in [0.2, 0.25) is 0 Å². The van der Waals surface area contributed by atoms with Crippen LogP contribution in [0, 0.1) is 6.92 Å². The fraction of sp³-hybridized carbons (Fsp3) is 0.250. The van der Waals surface area contributed by atoms with Crippen LogP contribution >= 0.6 is 11.6 Å². The molecule has 0 saturated carbocycles. The highest BCUT2D eigenvalue weighted by Crippen LogP contribution is 2.17. The van der Waals surface area contributed by atoms with Gasteiger partial charge in [0.15, 0.2) is 5.78 Å². The van der Waals surface area contributed by atoms with Crippen LogP contribution in [-0.2, 0) is 13.5 Å². The van der Waals surface area contributed by atoms with Gasteiger partial charge in [0.1, 0.15) is 0 Å². The van der Waals surface area contributed by atoms with Crippen molar-refractivity contribution < 1.29 is 4.79 Å². The number of pyridine rings is 1. The van der Waals surface area contributed by atoms with Crippen LogP contribution in [0.25, 0.3) is 0 Å². The minimum absolute atomic E-state index is 0.0173. The van der Waals surface area contributed by atoms with E-state index in [1.54, 1.807) is 29.3 Å². The fourth-order valence-electron chi connectivity index (χ4n) is 1.59. The second kappa shape index (κ2) is 4.67. The lowest BCUT2D eigenvalue weighted by Crippen LogP contribution is -2.06. The lowest BCUT2D eigenvalue weighted by atomic mass is 10.0. The Kier molecular flexibility index (Phi) is 3.24. The summed E-state index contributed by atoms with van der Waals surface area (Å²) in [6.07, 6.45) is 5.03. The zero-order valence-electron chi connectivity index (χ0n) is 9.64. The number of nitrogens with zero attached hydrogens (tertiary/aromatic N) is 3. The van der Waals surface area contributed by atoms with E-state index in [2.05, 4.69) is 10.1 Å². The molecule has 88 valence electrons. The number of hydrogen-bond donors (Lipinski definition) is 0. The van der Waals surface area contributed by atoms with Gasteiger partial charge in [-0.25, -0.2) is 0 Å². The van der Waals surface area contributed by atoms with Gasteiger partial charge in [-0.2, -0.15) is 5.10 Å². The predicted octanol–water partition coefficient (Wildman–Crippen LogP) is 2.20. The summed E-state index contributed by atoms with van der Waals surface area (Å²) in [5, 5.41) is 4.57. The molecule has 0 unspecified atom stereocenters. The average Bonchev–Trinajstić information content (AvgIpc) is 2.63. The van der Waals surface area contributed by atoms with Crippen LogP contribution in [0.15, 0.2) is 24.7 Å². The Morgan fingerprint density at radius 3 is 2.82 bits per heavy atom. The summed E-state index contributed by atoms with van der Waals surface area (Å²) in [5.74, 6) is 0.0173. The Hall–Kier alpha value is -1.68. The third kappa shape index (κ3) is 2.36. The predicted molar refractivity (Wildman–Crippen MR) is 65.2 cm³/mol. The Labute approximate surface area is 104 Å². The van der Waals surface area contributed by atoms with Gasteiger partial charge in [0.25, 0.3) is 0 Å². The quantitative estimate of drug-likeness (QED) is 0.784. The molecule has 2 rings (SSSR count). The normalized spacial score (nSPS) is 10.5. The SMILES string of the molecule is Cc1c(C(=O)Cc2ccncc2Cl)cnn1C. The summed E-state index contributed by atoms with van der Waals surface area (Å²) in [4.78, 5) is 16.0. The van der Waals surface area contributed by atoms with E-state index < -0.39 is 0 Å². The molecule has 0 aliphatic carbocycles. The molecule has 2 aromatic rings. The van der Waals surface area contributed by atoms with Crippen molar-refractivity contribution in [3.05, 3.63) is 46.5 Å². The summed E-state index contributed by atoms with van der Waals surface area (Å²) in [5.41, 5.74) is 2.29. The molecule has 5 heteroatoms. The molecule has 2 heterocycles. The number of carbonyl (C=O) groups excluding carboxylic acids is 1. The molecule has 0 radical (unpaired) electrons. The average molecular weight is 250 g/mol. The number of aromatic nitrogens is 3. The number of rotatable bonds is 3. The molecule has 0 atom stereocenters. The molecule has 0 spiro atoms. The highest BCUT2D eigenvalue weighted by molar-refractivity contribution is 6.31. The number of Topliss-reactive ketones (excluding diaryl/α,β-unsaturated/α-hetero) is 1. The summed E-state index contributed by atoms with van der Waals surface area (Å²) in [6.45, 7) is 1.87. The van der Waals surface area contributed by atoms with Crippen molar-refractivity contribution in [2.45, 2.75) is 13.3 Å². The molecular formula is C12H12ClN3O. The van der Waals surface area contributed by atoms with Crippen molar-refractivity contribution in [2.75, 3.05) is 0 Å². The van der Waals surface area contributed by atoms with E-state index in [0.29, 0.717) is 10.6 Å². The number of carbonyl (C=O) groups is 1. The van der Waals surface area contributed by atoms with E-state index in [-0.39, 0.29) is 12.2 Å². The maximum absolute atomic E-state index is 12.1. The highest BCUT2D eigenvalue weighted by Gasteiger charge is 2.14. The minimum atomic E-state index is 0.0173. The van der Waals surface area contributed by atoms with Crippen LogP contribution in [0.3, 0.4) is 0 Å². The maximum atomic E-state index is 12.1. The van der Waals surface area contributed by atoms with Crippen LogP contribution in [0.4, 0.5) is 0 Å². The van der Waals surface area contributed by atoms with E-state index in [4.69, 9.17) is 11.6 Å². The largest absolute Gasteiger partial charge is 0.294 e. The van der Waals surface area contributed by atoms with Gasteiger partial charge < -0.3 is 0 Å². The van der Waals surface area contributed by atoms with Crippen LogP contribution in [0.1, 0.15) is 21.6 Å². The number of halogens is 1. The van der Waals surface area contributed by atoms with Crippen molar-refractivity contribution >= 4 is 17.4 Å². The lowest BCUT2D eigenvalue weighted by molar-refractivity contribution is 0.0992. The topological polar surface area (TPSA) is 47.8 Å². The summed E-state index contributed by atoms with van der Waals surface area (Å²) >= 11 is 5.97. The highest BCUT2D eigenvalue weighted by atomic mass is 35.5. The first-order valence-electron chi connectivity index (χ1n) is 5.19. The molecular weight excluding hydrogens is 238 g/mol. The molecule has 0 N–H and O–H groups in total. The van der Waals surface area contributed by atoms with Gasteiger partial charge in [-0.05, 0) is 18.6 Å². The molecule has 17 heavy (non-hydrogen) atoms. The van der Waals surface area contributed by atoms with E-state index >= 15 is 0 Å². The summed E-state index contributed by atoms with van der Waals surface area (Å²) < 4.78 is 1.68. The van der Waals surface area contributed by atoms with E-state index in [1.165, 1.54) is 0 Å². The van der Waals surface area contributed by atoms with Crippen molar-refractivity contribution in [1.82, 2.24) is 14.8 Å². The number of ketones is 1. The Balaban J connectivity index is 2.23. The van der Waals surface area contributed by atoms with E-state index in [9.17, 15) is 4.79 Å². The van der Waals surface area contributed by atoms with E-state index in [1.807, 2.05) is 14.0 Å². The van der Waals surface area contributed by atoms with Gasteiger partial charge in [0.05, 0.1) is 16.8 Å². The summed E-state index contributed by atoms with van der Waals surface area (Å²) in [7, 11) is 1.81. The molecule has 0 amide bonds. The van der Waals surface area contributed by atoms with Gasteiger partial charge in [-0.3, -0.25) is 14.5 Å². The Morgan fingerprint density at radius 2 is 2.24 bits per heavy atom. The lowest BCUT2D eigenvalue weighted by Gasteiger charge is -2.02. The van der Waals surface area contributed by atoms with Crippen molar-refractivity contribution in [3.63, 3.8) is 0 Å². The molecule has 4 nitrogen and oxygen atoms in total. The van der Waals surface area contributed by atoms with Gasteiger partial charge >= 0.3 is 0 Å². The molecule has 0 bridgehead atoms. The first-order valence-corrected chi connectivity index (χ1v) is 5.57. The molecule has 0 aliphatic rings. The van der Waals surface area contributed by atoms with Crippen molar-refractivity contribution in [3.8, 4) is 0 Å². The Bertz CT molecular complexity index is 563. The summed E-state index contributed by atoms with van der Waals surface area (Å²) in [6, 6.07) is 1.76. The smallest absolute Gasteiger partial charge is 0.170 e. The second-order valence-corrected chi connectivity index (χ2v) is 4.24. The molecule has 0 fully saturated rings. The van der Waals surface area contributed by atoms with Gasteiger partial charge in [-0.1, -0.05) is 11.6 Å². The van der Waals surface area contributed by atoms with Crippen molar-refractivity contribution in [1.29, 1.82) is 0 Å². The van der Waals surface area contributed by atoms with Gasteiger partial charge in [-0.15, -0.1) is 0 Å². The van der Waals surface area contributed by atoms with E-state index in [0.717, 1.165) is 11.3 Å². The molecule has 0 aliphatic heterocycles. The Morgan fingerprint density at radius 1 is 1.47 bits per heavy atom. The standard InChI is InChI=1S/C12H12ClN3O/c1-8-10(6-15-16(8)2)12(17)5-9-3-4-14-7-11(9)13/h3-4,6-7H,5H2,1-2H3. The second-order valence-electron chi connectivity index (χ2n) is 3.83. The number of aryl methyl sites for hydroxylation is 1. The third-order valence-electron chi connectivity index (χ3n) is 2.74. The van der Waals surface area contributed by atoms with Crippen LogP contribution in [0.2, 0.25) is 5.02 Å². The van der Waals surface area contributed by atoms with Crippen LogP contribution in [-0.4, -0.2) is 20.5 Å². The third-order valence-corrected chi connectivity index (χ3v) is 3.08. The molecule has 2 aromatic heterocycles. The van der Waals surface area contributed by atoms with Crippen molar-refractivity contribution in [2.24, 2.45) is 7.05 Å². The molecule has 0 saturated heterocycles. The fourth-order valence-corrected chi connectivity index (χ4v) is 1.77. The van der Waals surface area contributed by atoms with Crippen LogP contribution in [0.5, 0.6) is 0 Å². The van der Waals surface area contributed by atoms with Gasteiger partial charge in [0, 0.05) is 31.6 Å². The zero-order valence-corrected chi connectivity index (χ0v) is 10.4. The monoisotopic (exact) mass is 249 g/mol. The zero-order chi connectivity index (χ0) is 12.4. The number of hydrogen-bond acceptors (Lipinski definition) is 3.